The number of pyridine rings is 2. The van der Waals surface area contributed by atoms with Crippen molar-refractivity contribution in [3.63, 3.8) is 0 Å². The molecule has 3 aromatic heterocycles. The van der Waals surface area contributed by atoms with E-state index >= 15 is 0 Å². The summed E-state index contributed by atoms with van der Waals surface area (Å²) in [5, 5.41) is 6.25. The first kappa shape index (κ1) is 21.9. The highest BCUT2D eigenvalue weighted by molar-refractivity contribution is 6.28. The predicted molar refractivity (Wildman–Crippen MR) is 148 cm³/mol. The van der Waals surface area contributed by atoms with Crippen LogP contribution in [0.5, 0.6) is 0 Å². The van der Waals surface area contributed by atoms with Gasteiger partial charge in [0.1, 0.15) is 7.05 Å². The van der Waals surface area contributed by atoms with Crippen molar-refractivity contribution in [2.45, 2.75) is 59.4 Å². The molecule has 3 aromatic carbocycles. The second-order valence-electron chi connectivity index (χ2n) is 11.8. The minimum Gasteiger partial charge on any atom is -0.307 e. The van der Waals surface area contributed by atoms with E-state index in [2.05, 4.69) is 104 Å². The van der Waals surface area contributed by atoms with E-state index in [0.29, 0.717) is 0 Å². The third-order valence-electron chi connectivity index (χ3n) is 8.06. The van der Waals surface area contributed by atoms with E-state index in [4.69, 9.17) is 6.57 Å². The van der Waals surface area contributed by atoms with Crippen LogP contribution in [-0.4, -0.2) is 4.40 Å². The lowest BCUT2D eigenvalue weighted by molar-refractivity contribution is -0.643. The van der Waals surface area contributed by atoms with Crippen LogP contribution < -0.4 is 4.57 Å². The number of aryl methyl sites for hydroxylation is 3. The minimum atomic E-state index is -0.627. The zero-order valence-corrected chi connectivity index (χ0v) is 22.0. The van der Waals surface area contributed by atoms with Gasteiger partial charge in [0.05, 0.1) is 27.3 Å². The molecule has 3 heterocycles. The van der Waals surface area contributed by atoms with E-state index in [1.165, 1.54) is 65.7 Å². The van der Waals surface area contributed by atoms with Crippen LogP contribution in [0.15, 0.2) is 48.7 Å². The maximum absolute atomic E-state index is 8.03. The van der Waals surface area contributed by atoms with Crippen LogP contribution in [0.2, 0.25) is 0 Å². The lowest BCUT2D eigenvalue weighted by atomic mass is 9.82. The highest BCUT2D eigenvalue weighted by Gasteiger charge is 2.35. The van der Waals surface area contributed by atoms with E-state index in [1.54, 1.807) is 0 Å². The van der Waals surface area contributed by atoms with Gasteiger partial charge in [0.15, 0.2) is 6.20 Å². The molecule has 0 amide bonds. The molecule has 3 heteroatoms. The predicted octanol–water partition coefficient (Wildman–Crippen LogP) is 7.88. The number of nitrogens with zero attached hydrogens (tertiary/aromatic N) is 3. The number of para-hydroxylation sites is 1. The largest absolute Gasteiger partial charge is 0.307 e. The SMILES string of the molecule is [C-]#[N+]C(C)(C)c1cc2cc[n+](C)c3c4c(C)c(C)cc(C(C)(C)C)c4n4c5ccccc5c1c4c23. The third-order valence-corrected chi connectivity index (χ3v) is 8.06. The van der Waals surface area contributed by atoms with E-state index in [9.17, 15) is 0 Å². The van der Waals surface area contributed by atoms with Gasteiger partial charge in [0.2, 0.25) is 5.52 Å². The molecule has 3 nitrogen and oxygen atoms in total. The Bertz CT molecular complexity index is 1890. The fourth-order valence-corrected chi connectivity index (χ4v) is 6.08. The van der Waals surface area contributed by atoms with Crippen molar-refractivity contribution in [3.05, 3.63) is 82.3 Å². The van der Waals surface area contributed by atoms with Gasteiger partial charge < -0.3 is 9.25 Å². The molecular formula is C32H32N3+. The maximum Gasteiger partial charge on any atom is 0.252 e. The number of hydrogen-bond donors (Lipinski definition) is 0. The van der Waals surface area contributed by atoms with Crippen LogP contribution in [-0.2, 0) is 18.0 Å². The molecule has 0 bridgehead atoms. The molecule has 0 radical (unpaired) electrons. The Hall–Kier alpha value is -3.64. The molecule has 35 heavy (non-hydrogen) atoms. The summed E-state index contributed by atoms with van der Waals surface area (Å²) in [6.45, 7) is 23.6. The van der Waals surface area contributed by atoms with Crippen molar-refractivity contribution in [2.75, 3.05) is 0 Å². The summed E-state index contributed by atoms with van der Waals surface area (Å²) >= 11 is 0. The average molecular weight is 459 g/mol. The summed E-state index contributed by atoms with van der Waals surface area (Å²) in [7, 11) is 2.16. The van der Waals surface area contributed by atoms with Gasteiger partial charge in [-0.05, 0) is 53.5 Å². The smallest absolute Gasteiger partial charge is 0.252 e. The first-order valence-corrected chi connectivity index (χ1v) is 12.4. The second-order valence-corrected chi connectivity index (χ2v) is 11.8. The Morgan fingerprint density at radius 1 is 0.857 bits per heavy atom. The number of rotatable bonds is 1. The van der Waals surface area contributed by atoms with Crippen molar-refractivity contribution in [1.29, 1.82) is 0 Å². The lowest BCUT2D eigenvalue weighted by Gasteiger charge is -2.25. The van der Waals surface area contributed by atoms with Crippen LogP contribution >= 0.6 is 0 Å². The van der Waals surface area contributed by atoms with Gasteiger partial charge in [-0.25, -0.2) is 11.1 Å². The van der Waals surface area contributed by atoms with Gasteiger partial charge in [0, 0.05) is 36.2 Å². The standard InChI is InChI=1S/C32H32N3/c1-18-16-23(31(3,4)5)28-25(19(18)2)29-26-20(14-15-34(29)9)17-22(32(6,7)33-8)27-21-12-10-11-13-24(21)35(28)30(26)27/h10-17H,1-7,9H3/q+1. The minimum absolute atomic E-state index is 0.0302. The Labute approximate surface area is 206 Å². The average Bonchev–Trinajstić information content (AvgIpc) is 3.16. The third kappa shape index (κ3) is 2.69. The molecule has 0 fully saturated rings. The van der Waals surface area contributed by atoms with Crippen molar-refractivity contribution in [1.82, 2.24) is 4.40 Å². The number of hydrogen-bond acceptors (Lipinski definition) is 0. The second kappa shape index (κ2) is 6.73. The monoisotopic (exact) mass is 458 g/mol. The van der Waals surface area contributed by atoms with Crippen LogP contribution in [0.4, 0.5) is 0 Å². The molecule has 0 aliphatic rings. The molecule has 0 saturated heterocycles. The van der Waals surface area contributed by atoms with E-state index in [0.717, 1.165) is 5.56 Å². The quantitative estimate of drug-likeness (QED) is 0.103. The molecule has 0 saturated carbocycles. The molecule has 0 aliphatic carbocycles. The normalized spacial score (nSPS) is 13.1. The molecular weight excluding hydrogens is 426 g/mol. The molecule has 0 atom stereocenters. The topological polar surface area (TPSA) is 12.7 Å². The number of aromatic nitrogens is 2. The molecule has 0 spiro atoms. The Balaban J connectivity index is 2.13. The van der Waals surface area contributed by atoms with Gasteiger partial charge in [-0.2, -0.15) is 0 Å². The fourth-order valence-electron chi connectivity index (χ4n) is 6.08. The molecule has 0 N–H and O–H groups in total. The van der Waals surface area contributed by atoms with Crippen molar-refractivity contribution in [3.8, 4) is 0 Å². The zero-order valence-electron chi connectivity index (χ0n) is 22.0. The lowest BCUT2D eigenvalue weighted by Crippen LogP contribution is -2.29. The van der Waals surface area contributed by atoms with Gasteiger partial charge >= 0.3 is 0 Å². The summed E-state index contributed by atoms with van der Waals surface area (Å²) in [5.41, 5.74) is 9.48. The number of fused-ring (bicyclic) bond motifs is 6. The molecule has 6 aromatic rings. The Morgan fingerprint density at radius 2 is 1.57 bits per heavy atom. The van der Waals surface area contributed by atoms with Gasteiger partial charge in [0.25, 0.3) is 5.54 Å². The van der Waals surface area contributed by atoms with Crippen LogP contribution in [0.25, 0.3) is 53.8 Å². The van der Waals surface area contributed by atoms with Crippen LogP contribution in [0, 0.1) is 20.4 Å². The Morgan fingerprint density at radius 3 is 2.26 bits per heavy atom. The first-order valence-electron chi connectivity index (χ1n) is 12.4. The van der Waals surface area contributed by atoms with Crippen LogP contribution in [0.1, 0.15) is 56.9 Å². The Kier molecular flexibility index (Phi) is 4.20. The number of benzene rings is 3. The molecule has 0 unspecified atom stereocenters. The van der Waals surface area contributed by atoms with E-state index < -0.39 is 5.54 Å². The molecule has 0 aliphatic heterocycles. The van der Waals surface area contributed by atoms with E-state index in [-0.39, 0.29) is 5.41 Å². The summed E-state index contributed by atoms with van der Waals surface area (Å²) in [5.74, 6) is 0. The van der Waals surface area contributed by atoms with Gasteiger partial charge in [-0.1, -0.05) is 45.0 Å². The summed E-state index contributed by atoms with van der Waals surface area (Å²) in [6.07, 6.45) is 2.18. The highest BCUT2D eigenvalue weighted by Crippen LogP contribution is 2.47. The summed E-state index contributed by atoms with van der Waals surface area (Å²) in [4.78, 5) is 4.08. The van der Waals surface area contributed by atoms with Crippen LogP contribution in [0.3, 0.4) is 0 Å². The molecule has 174 valence electrons. The fraction of sp³-hybridized carbons (Fsp3) is 0.312. The first-order chi connectivity index (χ1) is 16.5. The van der Waals surface area contributed by atoms with Crippen molar-refractivity contribution >= 4 is 49.0 Å². The highest BCUT2D eigenvalue weighted by atomic mass is 15.0. The zero-order chi connectivity index (χ0) is 25.0. The van der Waals surface area contributed by atoms with Gasteiger partial charge in [-0.15, -0.1) is 0 Å². The summed E-state index contributed by atoms with van der Waals surface area (Å²) in [6, 6.07) is 15.6. The molecule has 6 rings (SSSR count). The van der Waals surface area contributed by atoms with E-state index in [1.807, 2.05) is 13.8 Å². The van der Waals surface area contributed by atoms with Crippen molar-refractivity contribution in [2.24, 2.45) is 7.05 Å². The van der Waals surface area contributed by atoms with Gasteiger partial charge in [-0.3, -0.25) is 0 Å². The van der Waals surface area contributed by atoms with Crippen molar-refractivity contribution < 1.29 is 4.57 Å². The maximum atomic E-state index is 8.03. The summed E-state index contributed by atoms with van der Waals surface area (Å²) < 4.78 is 4.81.